The van der Waals surface area contributed by atoms with E-state index >= 15 is 0 Å². The minimum absolute atomic E-state index is 0.0241. The van der Waals surface area contributed by atoms with Crippen LogP contribution in [-0.4, -0.2) is 43.1 Å². The number of carbonyl (C=O) groups excluding carboxylic acids is 2. The van der Waals surface area contributed by atoms with Crippen LogP contribution in [-0.2, 0) is 9.53 Å². The van der Waals surface area contributed by atoms with Gasteiger partial charge >= 0.3 is 6.09 Å². The van der Waals surface area contributed by atoms with Crippen LogP contribution in [0.2, 0.25) is 0 Å². The molecule has 2 amide bonds. The highest BCUT2D eigenvalue weighted by Gasteiger charge is 2.14. The number of carbonyl (C=O) groups is 2. The zero-order chi connectivity index (χ0) is 11.8. The standard InChI is InChI=1S/C10H20N2O3/c1-5-8(2)12(9(3)13)7-6-11-10(14)15-4/h8H,5-7H2,1-4H3,(H,11,14). The normalized spacial score (nSPS) is 11.7. The molecule has 0 aromatic rings. The number of alkyl carbamates (subject to hydrolysis) is 1. The Morgan fingerprint density at radius 3 is 2.47 bits per heavy atom. The Bertz CT molecular complexity index is 219. The zero-order valence-corrected chi connectivity index (χ0v) is 9.87. The molecule has 0 bridgehead atoms. The summed E-state index contributed by atoms with van der Waals surface area (Å²) in [5.41, 5.74) is 0. The molecule has 0 aliphatic carbocycles. The van der Waals surface area contributed by atoms with E-state index < -0.39 is 6.09 Å². The van der Waals surface area contributed by atoms with Gasteiger partial charge in [0.2, 0.25) is 5.91 Å². The second kappa shape index (κ2) is 7.09. The molecule has 0 fully saturated rings. The van der Waals surface area contributed by atoms with Gasteiger partial charge in [0.15, 0.2) is 0 Å². The van der Waals surface area contributed by atoms with Crippen LogP contribution in [0.1, 0.15) is 27.2 Å². The SMILES string of the molecule is CCC(C)N(CCNC(=O)OC)C(C)=O. The largest absolute Gasteiger partial charge is 0.453 e. The number of hydrogen-bond donors (Lipinski definition) is 1. The van der Waals surface area contributed by atoms with E-state index in [1.807, 2.05) is 13.8 Å². The van der Waals surface area contributed by atoms with Crippen LogP contribution in [0, 0.1) is 0 Å². The fourth-order valence-electron chi connectivity index (χ4n) is 1.26. The Hall–Kier alpha value is -1.26. The van der Waals surface area contributed by atoms with Crippen LogP contribution < -0.4 is 5.32 Å². The molecule has 0 aromatic heterocycles. The molecule has 88 valence electrons. The minimum Gasteiger partial charge on any atom is -0.453 e. The molecule has 0 spiro atoms. The minimum atomic E-state index is -0.470. The lowest BCUT2D eigenvalue weighted by atomic mass is 10.2. The van der Waals surface area contributed by atoms with Gasteiger partial charge in [0.25, 0.3) is 0 Å². The van der Waals surface area contributed by atoms with Gasteiger partial charge in [0.1, 0.15) is 0 Å². The Labute approximate surface area is 90.8 Å². The van der Waals surface area contributed by atoms with Crippen molar-refractivity contribution in [3.8, 4) is 0 Å². The number of hydrogen-bond acceptors (Lipinski definition) is 3. The van der Waals surface area contributed by atoms with Gasteiger partial charge in [-0.15, -0.1) is 0 Å². The second-order valence-electron chi connectivity index (χ2n) is 3.39. The van der Waals surface area contributed by atoms with Gasteiger partial charge < -0.3 is 15.0 Å². The molecule has 15 heavy (non-hydrogen) atoms. The van der Waals surface area contributed by atoms with Crippen LogP contribution in [0.5, 0.6) is 0 Å². The summed E-state index contributed by atoms with van der Waals surface area (Å²) in [5.74, 6) is 0.0241. The van der Waals surface area contributed by atoms with Crippen LogP contribution in [0.4, 0.5) is 4.79 Å². The third-order valence-electron chi connectivity index (χ3n) is 2.33. The lowest BCUT2D eigenvalue weighted by Crippen LogP contribution is -2.42. The lowest BCUT2D eigenvalue weighted by Gasteiger charge is -2.27. The molecule has 0 heterocycles. The number of ether oxygens (including phenoxy) is 1. The van der Waals surface area contributed by atoms with E-state index in [1.54, 1.807) is 4.90 Å². The third-order valence-corrected chi connectivity index (χ3v) is 2.33. The first-order valence-electron chi connectivity index (χ1n) is 5.11. The van der Waals surface area contributed by atoms with E-state index in [0.29, 0.717) is 13.1 Å². The van der Waals surface area contributed by atoms with Crippen molar-refractivity contribution in [2.75, 3.05) is 20.2 Å². The summed E-state index contributed by atoms with van der Waals surface area (Å²) in [6.45, 7) is 6.47. The fraction of sp³-hybridized carbons (Fsp3) is 0.800. The van der Waals surface area contributed by atoms with E-state index in [2.05, 4.69) is 10.1 Å². The highest BCUT2D eigenvalue weighted by atomic mass is 16.5. The Morgan fingerprint density at radius 2 is 2.07 bits per heavy atom. The monoisotopic (exact) mass is 216 g/mol. The van der Waals surface area contributed by atoms with E-state index in [-0.39, 0.29) is 11.9 Å². The molecule has 1 atom stereocenters. The van der Waals surface area contributed by atoms with Crippen molar-refractivity contribution >= 4 is 12.0 Å². The average molecular weight is 216 g/mol. The number of rotatable bonds is 5. The predicted molar refractivity (Wildman–Crippen MR) is 57.5 cm³/mol. The number of amides is 2. The number of methoxy groups -OCH3 is 1. The fourth-order valence-corrected chi connectivity index (χ4v) is 1.26. The summed E-state index contributed by atoms with van der Waals surface area (Å²) < 4.78 is 4.43. The van der Waals surface area contributed by atoms with Gasteiger partial charge in [-0.25, -0.2) is 4.79 Å². The first-order chi connectivity index (χ1) is 7.02. The third kappa shape index (κ3) is 5.24. The van der Waals surface area contributed by atoms with Crippen molar-refractivity contribution in [2.45, 2.75) is 33.2 Å². The maximum atomic E-state index is 11.3. The molecule has 0 aromatic carbocycles. The van der Waals surface area contributed by atoms with Gasteiger partial charge in [0, 0.05) is 26.1 Å². The van der Waals surface area contributed by atoms with Gasteiger partial charge in [-0.1, -0.05) is 6.92 Å². The Kier molecular flexibility index (Phi) is 6.49. The molecule has 0 saturated carbocycles. The van der Waals surface area contributed by atoms with Gasteiger partial charge in [0.05, 0.1) is 7.11 Å². The summed E-state index contributed by atoms with van der Waals surface area (Å²) in [7, 11) is 1.31. The molecule has 0 radical (unpaired) electrons. The van der Waals surface area contributed by atoms with Crippen LogP contribution in [0.15, 0.2) is 0 Å². The van der Waals surface area contributed by atoms with Gasteiger partial charge in [-0.2, -0.15) is 0 Å². The quantitative estimate of drug-likeness (QED) is 0.745. The van der Waals surface area contributed by atoms with Gasteiger partial charge in [-0.05, 0) is 13.3 Å². The smallest absolute Gasteiger partial charge is 0.406 e. The highest BCUT2D eigenvalue weighted by molar-refractivity contribution is 5.73. The van der Waals surface area contributed by atoms with E-state index in [1.165, 1.54) is 14.0 Å². The molecule has 1 unspecified atom stereocenters. The number of nitrogens with zero attached hydrogens (tertiary/aromatic N) is 1. The first-order valence-corrected chi connectivity index (χ1v) is 5.11. The van der Waals surface area contributed by atoms with Crippen molar-refractivity contribution in [3.63, 3.8) is 0 Å². The van der Waals surface area contributed by atoms with Gasteiger partial charge in [-0.3, -0.25) is 4.79 Å². The Balaban J connectivity index is 3.97. The van der Waals surface area contributed by atoms with E-state index in [0.717, 1.165) is 6.42 Å². The second-order valence-corrected chi connectivity index (χ2v) is 3.39. The summed E-state index contributed by atoms with van der Waals surface area (Å²) in [4.78, 5) is 23.8. The van der Waals surface area contributed by atoms with Crippen LogP contribution >= 0.6 is 0 Å². The maximum Gasteiger partial charge on any atom is 0.406 e. The van der Waals surface area contributed by atoms with Crippen molar-refractivity contribution in [1.29, 1.82) is 0 Å². The summed E-state index contributed by atoms with van der Waals surface area (Å²) in [5, 5.41) is 2.54. The molecular formula is C10H20N2O3. The molecular weight excluding hydrogens is 196 g/mol. The van der Waals surface area contributed by atoms with Crippen molar-refractivity contribution in [1.82, 2.24) is 10.2 Å². The molecule has 0 aliphatic heterocycles. The van der Waals surface area contributed by atoms with Crippen molar-refractivity contribution < 1.29 is 14.3 Å². The highest BCUT2D eigenvalue weighted by Crippen LogP contribution is 2.02. The molecule has 0 aliphatic rings. The average Bonchev–Trinajstić information content (AvgIpc) is 2.22. The Morgan fingerprint density at radius 1 is 1.47 bits per heavy atom. The van der Waals surface area contributed by atoms with Crippen molar-refractivity contribution in [3.05, 3.63) is 0 Å². The lowest BCUT2D eigenvalue weighted by molar-refractivity contribution is -0.130. The maximum absolute atomic E-state index is 11.3. The summed E-state index contributed by atoms with van der Waals surface area (Å²) in [6.07, 6.45) is 0.431. The van der Waals surface area contributed by atoms with E-state index in [9.17, 15) is 9.59 Å². The summed E-state index contributed by atoms with van der Waals surface area (Å²) in [6, 6.07) is 0.196. The predicted octanol–water partition coefficient (Wildman–Crippen LogP) is 0.989. The molecule has 1 N–H and O–H groups in total. The first kappa shape index (κ1) is 13.7. The molecule has 5 heteroatoms. The number of nitrogens with one attached hydrogen (secondary N) is 1. The molecule has 0 rings (SSSR count). The molecule has 5 nitrogen and oxygen atoms in total. The van der Waals surface area contributed by atoms with E-state index in [4.69, 9.17) is 0 Å². The van der Waals surface area contributed by atoms with Crippen LogP contribution in [0.25, 0.3) is 0 Å². The molecule has 0 saturated heterocycles. The zero-order valence-electron chi connectivity index (χ0n) is 9.87. The topological polar surface area (TPSA) is 58.6 Å². The summed E-state index contributed by atoms with van der Waals surface area (Å²) >= 11 is 0. The van der Waals surface area contributed by atoms with Crippen LogP contribution in [0.3, 0.4) is 0 Å². The van der Waals surface area contributed by atoms with Crippen molar-refractivity contribution in [2.24, 2.45) is 0 Å².